The number of nitro groups is 1. The lowest BCUT2D eigenvalue weighted by atomic mass is 9.76. The van der Waals surface area contributed by atoms with Crippen molar-refractivity contribution in [3.05, 3.63) is 10.1 Å². The molecule has 0 saturated heterocycles. The molecular formula is C8H14N2O5. The zero-order valence-electron chi connectivity index (χ0n) is 8.17. The van der Waals surface area contributed by atoms with Crippen LogP contribution >= 0.6 is 0 Å². The van der Waals surface area contributed by atoms with Crippen LogP contribution in [-0.2, 0) is 9.63 Å². The molecule has 15 heavy (non-hydrogen) atoms. The molecule has 0 aliphatic heterocycles. The first kappa shape index (κ1) is 11.9. The van der Waals surface area contributed by atoms with E-state index in [1.54, 1.807) is 0 Å². The molecule has 1 rings (SSSR count). The molecule has 0 heterocycles. The van der Waals surface area contributed by atoms with Gasteiger partial charge in [-0.3, -0.25) is 14.9 Å². The van der Waals surface area contributed by atoms with E-state index >= 15 is 0 Å². The Morgan fingerprint density at radius 3 is 2.73 bits per heavy atom. The van der Waals surface area contributed by atoms with Gasteiger partial charge in [-0.2, -0.15) is 0 Å². The van der Waals surface area contributed by atoms with Gasteiger partial charge in [-0.15, -0.1) is 0 Å². The molecule has 0 bridgehead atoms. The molecule has 1 aliphatic rings. The molecule has 3 atom stereocenters. The minimum absolute atomic E-state index is 0.0569. The Balaban J connectivity index is 2.80. The van der Waals surface area contributed by atoms with Crippen LogP contribution in [0.5, 0.6) is 0 Å². The predicted molar refractivity (Wildman–Crippen MR) is 49.4 cm³/mol. The van der Waals surface area contributed by atoms with Crippen molar-refractivity contribution in [1.29, 1.82) is 0 Å². The third-order valence-corrected chi connectivity index (χ3v) is 2.86. The highest BCUT2D eigenvalue weighted by atomic mass is 16.6. The third-order valence-electron chi connectivity index (χ3n) is 2.86. The first-order chi connectivity index (χ1) is 7.07. The molecule has 0 radical (unpaired) electrons. The van der Waals surface area contributed by atoms with Crippen LogP contribution in [0.4, 0.5) is 0 Å². The summed E-state index contributed by atoms with van der Waals surface area (Å²) in [5, 5.41) is 19.6. The molecule has 0 spiro atoms. The summed E-state index contributed by atoms with van der Waals surface area (Å²) in [6.07, 6.45) is 1.56. The SMILES string of the molecule is NOCC1CCCC([N+](=O)[O-])C1C(=O)O. The highest BCUT2D eigenvalue weighted by Gasteiger charge is 2.45. The average Bonchev–Trinajstić information content (AvgIpc) is 2.17. The predicted octanol–water partition coefficient (Wildman–Crippen LogP) is 0.0229. The molecule has 0 aromatic carbocycles. The quantitative estimate of drug-likeness (QED) is 0.507. The van der Waals surface area contributed by atoms with Gasteiger partial charge in [-0.1, -0.05) is 0 Å². The Labute approximate surface area is 86.3 Å². The van der Waals surface area contributed by atoms with Crippen molar-refractivity contribution in [2.75, 3.05) is 6.61 Å². The Morgan fingerprint density at radius 2 is 2.27 bits per heavy atom. The van der Waals surface area contributed by atoms with Crippen LogP contribution < -0.4 is 5.90 Å². The standard InChI is InChI=1S/C8H14N2O5/c9-15-4-5-2-1-3-6(10(13)14)7(5)8(11)12/h5-7H,1-4,9H2,(H,11,12). The highest BCUT2D eigenvalue weighted by Crippen LogP contribution is 2.32. The Morgan fingerprint density at radius 1 is 1.60 bits per heavy atom. The van der Waals surface area contributed by atoms with E-state index in [1.807, 2.05) is 0 Å². The number of carboxylic acids is 1. The van der Waals surface area contributed by atoms with Crippen molar-refractivity contribution >= 4 is 5.97 Å². The van der Waals surface area contributed by atoms with Gasteiger partial charge in [0.05, 0.1) is 6.61 Å². The molecule has 3 N–H and O–H groups in total. The van der Waals surface area contributed by atoms with E-state index in [0.29, 0.717) is 19.3 Å². The van der Waals surface area contributed by atoms with E-state index in [9.17, 15) is 14.9 Å². The molecule has 1 saturated carbocycles. The normalized spacial score (nSPS) is 31.1. The third kappa shape index (κ3) is 2.63. The Hall–Kier alpha value is -1.21. The summed E-state index contributed by atoms with van der Waals surface area (Å²) in [6, 6.07) is -1.02. The second kappa shape index (κ2) is 5.04. The maximum atomic E-state index is 11.0. The minimum Gasteiger partial charge on any atom is -0.481 e. The van der Waals surface area contributed by atoms with Gasteiger partial charge in [0, 0.05) is 17.3 Å². The van der Waals surface area contributed by atoms with Crippen molar-refractivity contribution in [2.24, 2.45) is 17.7 Å². The van der Waals surface area contributed by atoms with E-state index in [4.69, 9.17) is 11.0 Å². The summed E-state index contributed by atoms with van der Waals surface area (Å²) in [6.45, 7) is 0.0569. The molecule has 1 fully saturated rings. The Kier molecular flexibility index (Phi) is 3.98. The zero-order valence-corrected chi connectivity index (χ0v) is 8.17. The summed E-state index contributed by atoms with van der Waals surface area (Å²) in [4.78, 5) is 25.5. The number of nitrogens with zero attached hydrogens (tertiary/aromatic N) is 1. The van der Waals surface area contributed by atoms with E-state index in [1.165, 1.54) is 0 Å². The largest absolute Gasteiger partial charge is 0.481 e. The lowest BCUT2D eigenvalue weighted by Crippen LogP contribution is -2.44. The fourth-order valence-corrected chi connectivity index (χ4v) is 2.18. The number of hydrogen-bond acceptors (Lipinski definition) is 5. The van der Waals surface area contributed by atoms with Crippen LogP contribution in [0, 0.1) is 22.0 Å². The van der Waals surface area contributed by atoms with Crippen molar-refractivity contribution in [3.63, 3.8) is 0 Å². The number of nitrogens with two attached hydrogens (primary N) is 1. The summed E-state index contributed by atoms with van der Waals surface area (Å²) < 4.78 is 0. The molecule has 7 nitrogen and oxygen atoms in total. The van der Waals surface area contributed by atoms with Gasteiger partial charge in [0.15, 0.2) is 0 Å². The number of rotatable bonds is 4. The van der Waals surface area contributed by atoms with Crippen LogP contribution in [0.25, 0.3) is 0 Å². The topological polar surface area (TPSA) is 116 Å². The molecule has 0 aromatic heterocycles. The van der Waals surface area contributed by atoms with Crippen LogP contribution in [0.15, 0.2) is 0 Å². The van der Waals surface area contributed by atoms with Crippen molar-refractivity contribution in [1.82, 2.24) is 0 Å². The summed E-state index contributed by atoms with van der Waals surface area (Å²) in [7, 11) is 0. The van der Waals surface area contributed by atoms with E-state index in [0.717, 1.165) is 0 Å². The smallest absolute Gasteiger partial charge is 0.313 e. The van der Waals surface area contributed by atoms with Gasteiger partial charge in [0.25, 0.3) is 0 Å². The Bertz CT molecular complexity index is 255. The summed E-state index contributed by atoms with van der Waals surface area (Å²) in [5.41, 5.74) is 0. The van der Waals surface area contributed by atoms with Crippen LogP contribution in [0.2, 0.25) is 0 Å². The first-order valence-corrected chi connectivity index (χ1v) is 4.76. The van der Waals surface area contributed by atoms with Crippen LogP contribution in [0.1, 0.15) is 19.3 Å². The van der Waals surface area contributed by atoms with E-state index in [-0.39, 0.29) is 12.5 Å². The van der Waals surface area contributed by atoms with Gasteiger partial charge in [-0.05, 0) is 12.8 Å². The lowest BCUT2D eigenvalue weighted by molar-refractivity contribution is -0.535. The highest BCUT2D eigenvalue weighted by molar-refractivity contribution is 5.71. The van der Waals surface area contributed by atoms with E-state index < -0.39 is 22.9 Å². The van der Waals surface area contributed by atoms with Crippen molar-refractivity contribution < 1.29 is 19.7 Å². The van der Waals surface area contributed by atoms with Gasteiger partial charge in [0.2, 0.25) is 6.04 Å². The number of aliphatic carboxylic acids is 1. The van der Waals surface area contributed by atoms with Gasteiger partial charge in [0.1, 0.15) is 5.92 Å². The van der Waals surface area contributed by atoms with Gasteiger partial charge >= 0.3 is 5.97 Å². The molecular weight excluding hydrogens is 204 g/mol. The number of carboxylic acid groups (broad SMARTS) is 1. The molecule has 1 aliphatic carbocycles. The second-order valence-electron chi connectivity index (χ2n) is 3.74. The molecule has 0 aromatic rings. The molecule has 0 amide bonds. The number of hydrogen-bond donors (Lipinski definition) is 2. The first-order valence-electron chi connectivity index (χ1n) is 4.76. The van der Waals surface area contributed by atoms with Gasteiger partial charge < -0.3 is 9.94 Å². The fraction of sp³-hybridized carbons (Fsp3) is 0.875. The second-order valence-corrected chi connectivity index (χ2v) is 3.74. The van der Waals surface area contributed by atoms with Gasteiger partial charge in [-0.25, -0.2) is 5.90 Å². The van der Waals surface area contributed by atoms with Crippen molar-refractivity contribution in [2.45, 2.75) is 25.3 Å². The zero-order chi connectivity index (χ0) is 11.4. The minimum atomic E-state index is -1.14. The maximum Gasteiger partial charge on any atom is 0.313 e. The van der Waals surface area contributed by atoms with Crippen molar-refractivity contribution in [3.8, 4) is 0 Å². The van der Waals surface area contributed by atoms with Crippen LogP contribution in [-0.4, -0.2) is 28.6 Å². The monoisotopic (exact) mass is 218 g/mol. The van der Waals surface area contributed by atoms with E-state index in [2.05, 4.69) is 4.84 Å². The fourth-order valence-electron chi connectivity index (χ4n) is 2.18. The number of carbonyl (C=O) groups is 1. The molecule has 7 heteroatoms. The summed E-state index contributed by atoms with van der Waals surface area (Å²) in [5.74, 6) is 2.39. The van der Waals surface area contributed by atoms with Crippen LogP contribution in [0.3, 0.4) is 0 Å². The molecule has 3 unspecified atom stereocenters. The molecule has 86 valence electrons. The maximum absolute atomic E-state index is 11.0. The summed E-state index contributed by atoms with van der Waals surface area (Å²) >= 11 is 0. The lowest BCUT2D eigenvalue weighted by Gasteiger charge is -2.29. The average molecular weight is 218 g/mol.